The van der Waals surface area contributed by atoms with Crippen LogP contribution in [0.5, 0.6) is 5.75 Å². The molecule has 2 aliphatic rings. The van der Waals surface area contributed by atoms with Crippen LogP contribution in [0.3, 0.4) is 0 Å². The third kappa shape index (κ3) is 5.58. The Labute approximate surface area is 199 Å². The Morgan fingerprint density at radius 2 is 1.74 bits per heavy atom. The van der Waals surface area contributed by atoms with Crippen molar-refractivity contribution in [2.75, 3.05) is 6.54 Å². The van der Waals surface area contributed by atoms with E-state index in [0.29, 0.717) is 17.8 Å². The van der Waals surface area contributed by atoms with Gasteiger partial charge in [-0.1, -0.05) is 19.3 Å². The smallest absolute Gasteiger partial charge is 0.240 e. The first-order valence-corrected chi connectivity index (χ1v) is 11.3. The quantitative estimate of drug-likeness (QED) is 0.607. The fourth-order valence-electron chi connectivity index (χ4n) is 4.48. The highest BCUT2D eigenvalue weighted by atomic mass is 35.5. The molecule has 0 bridgehead atoms. The van der Waals surface area contributed by atoms with E-state index >= 15 is 0 Å². The largest absolute Gasteiger partial charge is 0.508 e. The number of likely N-dealkylation sites (tertiary alicyclic amines) is 1. The first-order chi connectivity index (χ1) is 14.0. The van der Waals surface area contributed by atoms with Gasteiger partial charge in [-0.2, -0.15) is 0 Å². The number of thiazole rings is 1. The highest BCUT2D eigenvalue weighted by Crippen LogP contribution is 2.36. The Hall–Kier alpha value is -1.67. The van der Waals surface area contributed by atoms with Crippen molar-refractivity contribution in [3.05, 3.63) is 45.9 Å². The molecule has 170 valence electrons. The number of nitrogens with two attached hydrogens (primary N) is 1. The number of aromatic hydroxyl groups is 1. The van der Waals surface area contributed by atoms with Gasteiger partial charge in [-0.25, -0.2) is 4.98 Å². The molecular weight excluding hydrogens is 457 g/mol. The normalized spacial score (nSPS) is 19.9. The first kappa shape index (κ1) is 25.6. The number of hydrogen-bond acceptors (Lipinski definition) is 6. The second-order valence-corrected chi connectivity index (χ2v) is 8.95. The molecule has 1 saturated heterocycles. The van der Waals surface area contributed by atoms with Crippen LogP contribution in [-0.4, -0.2) is 39.3 Å². The summed E-state index contributed by atoms with van der Waals surface area (Å²) in [6.45, 7) is 0.699. The molecule has 1 aliphatic carbocycles. The van der Waals surface area contributed by atoms with E-state index in [2.05, 4.69) is 4.98 Å². The van der Waals surface area contributed by atoms with Crippen LogP contribution in [0.25, 0.3) is 0 Å². The van der Waals surface area contributed by atoms with Crippen molar-refractivity contribution >= 4 is 47.8 Å². The molecule has 1 aliphatic heterocycles. The minimum atomic E-state index is -0.436. The number of nitrogens with zero attached hydrogens (tertiary/aromatic N) is 2. The van der Waals surface area contributed by atoms with Crippen molar-refractivity contribution in [2.45, 2.75) is 57.0 Å². The molecule has 2 fully saturated rings. The predicted molar refractivity (Wildman–Crippen MR) is 126 cm³/mol. The Morgan fingerprint density at radius 3 is 2.42 bits per heavy atom. The fraction of sp³-hybridized carbons (Fsp3) is 0.500. The summed E-state index contributed by atoms with van der Waals surface area (Å²) in [4.78, 5) is 32.2. The zero-order valence-corrected chi connectivity index (χ0v) is 19.7. The number of phenolic OH excluding ortho intramolecular Hbond substituents is 1. The van der Waals surface area contributed by atoms with Crippen molar-refractivity contribution in [1.29, 1.82) is 0 Å². The number of carbonyl (C=O) groups is 2. The van der Waals surface area contributed by atoms with E-state index in [-0.39, 0.29) is 54.2 Å². The molecule has 0 radical (unpaired) electrons. The van der Waals surface area contributed by atoms with Gasteiger partial charge in [0, 0.05) is 17.5 Å². The summed E-state index contributed by atoms with van der Waals surface area (Å²) < 4.78 is 0. The summed E-state index contributed by atoms with van der Waals surface area (Å²) in [5.74, 6) is 0.249. The van der Waals surface area contributed by atoms with Gasteiger partial charge in [-0.3, -0.25) is 9.59 Å². The number of phenols is 1. The van der Waals surface area contributed by atoms with Gasteiger partial charge in [0.15, 0.2) is 0 Å². The summed E-state index contributed by atoms with van der Waals surface area (Å²) in [5, 5.41) is 12.0. The Balaban J connectivity index is 0.00000171. The van der Waals surface area contributed by atoms with Crippen LogP contribution >= 0.6 is 36.2 Å². The van der Waals surface area contributed by atoms with Crippen LogP contribution in [-0.2, 0) is 4.79 Å². The lowest BCUT2D eigenvalue weighted by molar-refractivity contribution is -0.135. The highest BCUT2D eigenvalue weighted by Gasteiger charge is 2.37. The topological polar surface area (TPSA) is 96.5 Å². The maximum Gasteiger partial charge on any atom is 0.240 e. The van der Waals surface area contributed by atoms with E-state index in [0.717, 1.165) is 43.5 Å². The van der Waals surface area contributed by atoms with Crippen molar-refractivity contribution in [2.24, 2.45) is 11.7 Å². The third-order valence-corrected chi connectivity index (χ3v) is 7.09. The zero-order chi connectivity index (χ0) is 20.4. The maximum atomic E-state index is 13.1. The van der Waals surface area contributed by atoms with Crippen LogP contribution in [0.15, 0.2) is 29.6 Å². The minimum Gasteiger partial charge on any atom is -0.508 e. The Morgan fingerprint density at radius 1 is 1.06 bits per heavy atom. The molecule has 31 heavy (non-hydrogen) atoms. The van der Waals surface area contributed by atoms with Gasteiger partial charge < -0.3 is 15.7 Å². The summed E-state index contributed by atoms with van der Waals surface area (Å²) in [6.07, 6.45) is 7.40. The van der Waals surface area contributed by atoms with Crippen molar-refractivity contribution in [1.82, 2.24) is 9.88 Å². The lowest BCUT2D eigenvalue weighted by atomic mass is 9.83. The van der Waals surface area contributed by atoms with Gasteiger partial charge in [-0.15, -0.1) is 36.2 Å². The SMILES string of the molecule is Cl.Cl.N[C@H](C(=O)N1CCC[C@H]1c1nc(C(=O)c2ccc(O)cc2)cs1)C1CCCCC1. The molecule has 1 aromatic carbocycles. The van der Waals surface area contributed by atoms with Gasteiger partial charge in [0.05, 0.1) is 12.1 Å². The summed E-state index contributed by atoms with van der Waals surface area (Å²) >= 11 is 1.43. The molecule has 1 aromatic heterocycles. The number of aromatic nitrogens is 1. The molecule has 1 saturated carbocycles. The van der Waals surface area contributed by atoms with Crippen molar-refractivity contribution < 1.29 is 14.7 Å². The Kier molecular flexibility index (Phi) is 9.30. The van der Waals surface area contributed by atoms with Crippen LogP contribution in [0.1, 0.15) is 72.0 Å². The molecule has 0 spiro atoms. The fourth-order valence-corrected chi connectivity index (χ4v) is 5.42. The lowest BCUT2D eigenvalue weighted by Crippen LogP contribution is -2.48. The van der Waals surface area contributed by atoms with Crippen LogP contribution in [0.4, 0.5) is 0 Å². The molecule has 2 aromatic rings. The average Bonchev–Trinajstić information content (AvgIpc) is 3.43. The van der Waals surface area contributed by atoms with Gasteiger partial charge >= 0.3 is 0 Å². The molecule has 2 atom stereocenters. The monoisotopic (exact) mass is 485 g/mol. The van der Waals surface area contributed by atoms with Crippen LogP contribution in [0.2, 0.25) is 0 Å². The summed E-state index contributed by atoms with van der Waals surface area (Å²) in [5.41, 5.74) is 7.24. The average molecular weight is 486 g/mol. The molecule has 6 nitrogen and oxygen atoms in total. The Bertz CT molecular complexity index is 884. The zero-order valence-electron chi connectivity index (χ0n) is 17.2. The second-order valence-electron chi connectivity index (χ2n) is 8.06. The molecular formula is C22H29Cl2N3O3S. The van der Waals surface area contributed by atoms with Crippen LogP contribution in [0, 0.1) is 5.92 Å². The lowest BCUT2D eigenvalue weighted by Gasteiger charge is -2.32. The van der Waals surface area contributed by atoms with Gasteiger partial charge in [0.25, 0.3) is 0 Å². The molecule has 1 amide bonds. The van der Waals surface area contributed by atoms with Gasteiger partial charge in [0.1, 0.15) is 16.5 Å². The van der Waals surface area contributed by atoms with Crippen LogP contribution < -0.4 is 5.73 Å². The maximum absolute atomic E-state index is 13.1. The standard InChI is InChI=1S/C22H27N3O3S.2ClH/c23-19(14-5-2-1-3-6-14)22(28)25-12-4-7-18(25)21-24-17(13-29-21)20(27)15-8-10-16(26)11-9-15;;/h8-11,13-14,18-19,26H,1-7,12,23H2;2*1H/t18-,19-;;/m0../s1. The van der Waals surface area contributed by atoms with E-state index < -0.39 is 6.04 Å². The van der Waals surface area contributed by atoms with E-state index in [4.69, 9.17) is 5.73 Å². The van der Waals surface area contributed by atoms with Gasteiger partial charge in [0.2, 0.25) is 11.7 Å². The predicted octanol–water partition coefficient (Wildman–Crippen LogP) is 4.49. The number of benzene rings is 1. The van der Waals surface area contributed by atoms with Crippen molar-refractivity contribution in [3.8, 4) is 5.75 Å². The number of amides is 1. The van der Waals surface area contributed by atoms with E-state index in [1.807, 2.05) is 4.90 Å². The van der Waals surface area contributed by atoms with Gasteiger partial charge in [-0.05, 0) is 55.9 Å². The summed E-state index contributed by atoms with van der Waals surface area (Å²) in [6, 6.07) is 5.63. The molecule has 3 N–H and O–H groups in total. The second kappa shape index (κ2) is 11.3. The van der Waals surface area contributed by atoms with E-state index in [1.54, 1.807) is 17.5 Å². The minimum absolute atomic E-state index is 0. The van der Waals surface area contributed by atoms with E-state index in [1.165, 1.54) is 29.9 Å². The van der Waals surface area contributed by atoms with Crippen molar-refractivity contribution in [3.63, 3.8) is 0 Å². The molecule has 0 unspecified atom stereocenters. The third-order valence-electron chi connectivity index (χ3n) is 6.15. The number of ketones is 1. The summed E-state index contributed by atoms with van der Waals surface area (Å²) in [7, 11) is 0. The molecule has 2 heterocycles. The highest BCUT2D eigenvalue weighted by molar-refractivity contribution is 7.10. The number of rotatable bonds is 5. The number of hydrogen-bond donors (Lipinski definition) is 2. The van der Waals surface area contributed by atoms with E-state index in [9.17, 15) is 14.7 Å². The molecule has 9 heteroatoms. The molecule has 4 rings (SSSR count). The number of carbonyl (C=O) groups excluding carboxylic acids is 2. The number of halogens is 2. The first-order valence-electron chi connectivity index (χ1n) is 10.4.